The molecule has 118 valence electrons. The van der Waals surface area contributed by atoms with Gasteiger partial charge in [-0.1, -0.05) is 65.0 Å². The molecule has 0 aromatic carbocycles. The van der Waals surface area contributed by atoms with Crippen LogP contribution in [-0.4, -0.2) is 18.8 Å². The largest absolute Gasteiger partial charge is 0.496 e. The zero-order valence-electron chi connectivity index (χ0n) is 14.3. The van der Waals surface area contributed by atoms with Crippen LogP contribution in [0.25, 0.3) is 0 Å². The van der Waals surface area contributed by atoms with Crippen molar-refractivity contribution in [3.8, 4) is 0 Å². The van der Waals surface area contributed by atoms with E-state index in [9.17, 15) is 5.11 Å². The number of hydrogen-bond acceptors (Lipinski definition) is 2. The number of aliphatic hydroxyl groups is 1. The molecule has 2 heteroatoms. The SMILES string of the molecule is CC.CC.COC1=C(CO)/C2=C/C=CC(C)/C=C(/C=C1)C2. The molecule has 2 aliphatic rings. The summed E-state index contributed by atoms with van der Waals surface area (Å²) in [6, 6.07) is 0. The average Bonchev–Trinajstić information content (AvgIpc) is 2.69. The summed E-state index contributed by atoms with van der Waals surface area (Å²) in [5.41, 5.74) is 3.28. The first-order valence-electron chi connectivity index (χ1n) is 7.89. The summed E-state index contributed by atoms with van der Waals surface area (Å²) >= 11 is 0. The summed E-state index contributed by atoms with van der Waals surface area (Å²) in [7, 11) is 1.64. The lowest BCUT2D eigenvalue weighted by molar-refractivity contribution is 0.282. The Morgan fingerprint density at radius 3 is 2.43 bits per heavy atom. The van der Waals surface area contributed by atoms with E-state index in [0.29, 0.717) is 5.92 Å². The van der Waals surface area contributed by atoms with E-state index in [1.807, 2.05) is 33.8 Å². The maximum Gasteiger partial charge on any atom is 0.124 e. The third kappa shape index (κ3) is 5.76. The molecule has 0 aromatic rings. The highest BCUT2D eigenvalue weighted by molar-refractivity contribution is 5.48. The molecule has 1 atom stereocenters. The van der Waals surface area contributed by atoms with Crippen LogP contribution in [0.15, 0.2) is 58.9 Å². The highest BCUT2D eigenvalue weighted by Crippen LogP contribution is 2.29. The normalized spacial score (nSPS) is 24.6. The summed E-state index contributed by atoms with van der Waals surface area (Å²) in [5.74, 6) is 1.19. The molecule has 0 fully saturated rings. The number of aliphatic hydroxyl groups excluding tert-OH is 1. The van der Waals surface area contributed by atoms with Gasteiger partial charge in [-0.15, -0.1) is 0 Å². The van der Waals surface area contributed by atoms with Gasteiger partial charge in [0, 0.05) is 5.57 Å². The Bertz CT molecular complexity index is 448. The summed E-state index contributed by atoms with van der Waals surface area (Å²) < 4.78 is 5.33. The molecule has 21 heavy (non-hydrogen) atoms. The molecule has 1 N–H and O–H groups in total. The third-order valence-electron chi connectivity index (χ3n) is 3.10. The fourth-order valence-electron chi connectivity index (χ4n) is 2.21. The van der Waals surface area contributed by atoms with Crippen molar-refractivity contribution < 1.29 is 9.84 Å². The fraction of sp³-hybridized carbons (Fsp3) is 0.474. The minimum absolute atomic E-state index is 0.00994. The predicted molar refractivity (Wildman–Crippen MR) is 92.0 cm³/mol. The van der Waals surface area contributed by atoms with E-state index in [0.717, 1.165) is 23.3 Å². The highest BCUT2D eigenvalue weighted by atomic mass is 16.5. The predicted octanol–water partition coefficient (Wildman–Crippen LogP) is 4.95. The van der Waals surface area contributed by atoms with E-state index in [-0.39, 0.29) is 6.61 Å². The number of methoxy groups -OCH3 is 1. The second-order valence-electron chi connectivity index (χ2n) is 4.39. The van der Waals surface area contributed by atoms with Crippen LogP contribution in [0.3, 0.4) is 0 Å². The van der Waals surface area contributed by atoms with E-state index in [2.05, 4.69) is 37.3 Å². The summed E-state index contributed by atoms with van der Waals surface area (Å²) in [6.07, 6.45) is 13.4. The van der Waals surface area contributed by atoms with Crippen LogP contribution in [0, 0.1) is 5.92 Å². The van der Waals surface area contributed by atoms with Gasteiger partial charge in [0.25, 0.3) is 0 Å². The van der Waals surface area contributed by atoms with Gasteiger partial charge in [-0.3, -0.25) is 0 Å². The zero-order chi connectivity index (χ0) is 16.3. The van der Waals surface area contributed by atoms with Crippen LogP contribution in [0.4, 0.5) is 0 Å². The average molecular weight is 290 g/mol. The molecule has 0 aliphatic heterocycles. The minimum Gasteiger partial charge on any atom is -0.496 e. The topological polar surface area (TPSA) is 29.5 Å². The second-order valence-corrected chi connectivity index (χ2v) is 4.39. The lowest BCUT2D eigenvalue weighted by atomic mass is 9.94. The number of hydrogen-bond donors (Lipinski definition) is 1. The first-order chi connectivity index (χ1) is 10.2. The molecule has 0 radical (unpaired) electrons. The molecule has 0 saturated carbocycles. The van der Waals surface area contributed by atoms with Gasteiger partial charge in [0.1, 0.15) is 5.76 Å². The number of ether oxygens (including phenoxy) is 1. The Labute approximate surface area is 130 Å². The van der Waals surface area contributed by atoms with E-state index in [1.165, 1.54) is 5.57 Å². The molecule has 0 aromatic heterocycles. The van der Waals surface area contributed by atoms with Gasteiger partial charge in [-0.25, -0.2) is 0 Å². The van der Waals surface area contributed by atoms with Gasteiger partial charge in [0.15, 0.2) is 0 Å². The molecule has 2 aliphatic carbocycles. The first-order valence-corrected chi connectivity index (χ1v) is 7.89. The van der Waals surface area contributed by atoms with Crippen LogP contribution in [0.1, 0.15) is 41.0 Å². The van der Waals surface area contributed by atoms with Crippen LogP contribution < -0.4 is 0 Å². The monoisotopic (exact) mass is 290 g/mol. The number of rotatable bonds is 2. The van der Waals surface area contributed by atoms with Crippen molar-refractivity contribution >= 4 is 0 Å². The van der Waals surface area contributed by atoms with Crippen molar-refractivity contribution in [2.24, 2.45) is 5.92 Å². The lowest BCUT2D eigenvalue weighted by Gasteiger charge is -2.13. The molecule has 0 amide bonds. The Balaban J connectivity index is 0.000000921. The number of fused-ring (bicyclic) bond motifs is 2. The van der Waals surface area contributed by atoms with Gasteiger partial charge in [-0.2, -0.15) is 0 Å². The Morgan fingerprint density at radius 2 is 1.86 bits per heavy atom. The Kier molecular flexibility index (Phi) is 10.3. The van der Waals surface area contributed by atoms with Crippen molar-refractivity contribution in [1.82, 2.24) is 0 Å². The van der Waals surface area contributed by atoms with Gasteiger partial charge >= 0.3 is 0 Å². The van der Waals surface area contributed by atoms with Crippen LogP contribution >= 0.6 is 0 Å². The summed E-state index contributed by atoms with van der Waals surface area (Å²) in [4.78, 5) is 0. The van der Waals surface area contributed by atoms with Crippen molar-refractivity contribution in [1.29, 1.82) is 0 Å². The quantitative estimate of drug-likeness (QED) is 0.779. The second kappa shape index (κ2) is 11.2. The molecule has 1 unspecified atom stereocenters. The molecular formula is C19H30O2. The fourth-order valence-corrected chi connectivity index (χ4v) is 2.21. The standard InChI is InChI=1S/C15H18O2.2C2H6/c1-11-4-3-5-13-9-12(8-11)6-7-15(17-2)14(13)10-16;2*1-2/h3-8,11,16H,9-10H2,1-2H3;2*1-2H3/b4-3?,12-8-,13-5+;;. The van der Waals surface area contributed by atoms with Crippen molar-refractivity contribution in [2.45, 2.75) is 41.0 Å². The van der Waals surface area contributed by atoms with Gasteiger partial charge in [0.05, 0.1) is 13.7 Å². The molecule has 0 heterocycles. The maximum atomic E-state index is 9.49. The Morgan fingerprint density at radius 1 is 1.19 bits per heavy atom. The number of allylic oxidation sites excluding steroid dienone is 7. The Hall–Kier alpha value is -1.54. The van der Waals surface area contributed by atoms with Crippen molar-refractivity contribution in [2.75, 3.05) is 13.7 Å². The van der Waals surface area contributed by atoms with E-state index in [4.69, 9.17) is 4.74 Å². The zero-order valence-corrected chi connectivity index (χ0v) is 14.3. The molecular weight excluding hydrogens is 260 g/mol. The van der Waals surface area contributed by atoms with E-state index < -0.39 is 0 Å². The third-order valence-corrected chi connectivity index (χ3v) is 3.10. The van der Waals surface area contributed by atoms with Crippen LogP contribution in [0.2, 0.25) is 0 Å². The van der Waals surface area contributed by atoms with E-state index >= 15 is 0 Å². The van der Waals surface area contributed by atoms with E-state index in [1.54, 1.807) is 7.11 Å². The summed E-state index contributed by atoms with van der Waals surface area (Å²) in [5, 5.41) is 9.49. The molecule has 0 spiro atoms. The molecule has 2 rings (SSSR count). The van der Waals surface area contributed by atoms with Crippen LogP contribution in [-0.2, 0) is 4.74 Å². The van der Waals surface area contributed by atoms with Crippen LogP contribution in [0.5, 0.6) is 0 Å². The van der Waals surface area contributed by atoms with Gasteiger partial charge < -0.3 is 9.84 Å². The van der Waals surface area contributed by atoms with Crippen molar-refractivity contribution in [3.63, 3.8) is 0 Å². The first kappa shape index (κ1) is 19.5. The van der Waals surface area contributed by atoms with Gasteiger partial charge in [0.2, 0.25) is 0 Å². The molecule has 2 bridgehead atoms. The maximum absolute atomic E-state index is 9.49. The van der Waals surface area contributed by atoms with Gasteiger partial charge in [-0.05, 0) is 29.6 Å². The molecule has 0 saturated heterocycles. The smallest absolute Gasteiger partial charge is 0.124 e. The minimum atomic E-state index is 0.00994. The molecule has 2 nitrogen and oxygen atoms in total. The lowest BCUT2D eigenvalue weighted by Crippen LogP contribution is -2.01. The van der Waals surface area contributed by atoms with Crippen molar-refractivity contribution in [3.05, 3.63) is 58.9 Å². The summed E-state index contributed by atoms with van der Waals surface area (Å²) in [6.45, 7) is 10.2. The highest BCUT2D eigenvalue weighted by Gasteiger charge is 2.15.